The molecular formula is C26H34ClN3O2. The molecule has 1 saturated heterocycles. The maximum Gasteiger partial charge on any atom is 0.317 e. The van der Waals surface area contributed by atoms with Gasteiger partial charge in [-0.05, 0) is 74.1 Å². The molecule has 0 radical (unpaired) electrons. The van der Waals surface area contributed by atoms with Gasteiger partial charge in [0, 0.05) is 36.4 Å². The third-order valence-corrected chi connectivity index (χ3v) is 7.63. The van der Waals surface area contributed by atoms with Crippen LogP contribution in [0.4, 0.5) is 10.5 Å². The second kappa shape index (κ2) is 10.1. The number of aliphatic hydroxyl groups excluding tert-OH is 1. The van der Waals surface area contributed by atoms with Crippen molar-refractivity contribution in [2.75, 3.05) is 18.4 Å². The summed E-state index contributed by atoms with van der Waals surface area (Å²) in [7, 11) is 0. The van der Waals surface area contributed by atoms with Gasteiger partial charge in [-0.1, -0.05) is 47.5 Å². The summed E-state index contributed by atoms with van der Waals surface area (Å²) in [4.78, 5) is 14.6. The van der Waals surface area contributed by atoms with Crippen LogP contribution in [0.25, 0.3) is 0 Å². The Balaban J connectivity index is 1.22. The van der Waals surface area contributed by atoms with Crippen LogP contribution in [-0.4, -0.2) is 35.2 Å². The summed E-state index contributed by atoms with van der Waals surface area (Å²) in [5.74, 6) is 0. The summed E-state index contributed by atoms with van der Waals surface area (Å²) in [6.45, 7) is 4.30. The number of likely N-dealkylation sites (tertiary alicyclic amines) is 1. The van der Waals surface area contributed by atoms with Crippen molar-refractivity contribution in [2.45, 2.75) is 64.6 Å². The molecule has 32 heavy (non-hydrogen) atoms. The summed E-state index contributed by atoms with van der Waals surface area (Å²) in [6, 6.07) is 14.6. The number of carbonyl (C=O) groups is 1. The van der Waals surface area contributed by atoms with Gasteiger partial charge in [0.1, 0.15) is 0 Å². The van der Waals surface area contributed by atoms with Gasteiger partial charge in [-0.3, -0.25) is 0 Å². The monoisotopic (exact) mass is 455 g/mol. The summed E-state index contributed by atoms with van der Waals surface area (Å²) in [5, 5.41) is 16.6. The lowest BCUT2D eigenvalue weighted by Gasteiger charge is -2.46. The minimum atomic E-state index is -0.0357. The number of urea groups is 1. The first-order valence-electron chi connectivity index (χ1n) is 11.7. The molecule has 2 amide bonds. The van der Waals surface area contributed by atoms with Crippen LogP contribution in [0.15, 0.2) is 42.5 Å². The fraction of sp³-hybridized carbons (Fsp3) is 0.500. The molecule has 2 aromatic carbocycles. The molecule has 1 saturated carbocycles. The van der Waals surface area contributed by atoms with Crippen molar-refractivity contribution in [3.63, 3.8) is 0 Å². The van der Waals surface area contributed by atoms with Gasteiger partial charge in [0.05, 0.1) is 6.61 Å². The van der Waals surface area contributed by atoms with E-state index in [0.717, 1.165) is 55.6 Å². The molecule has 3 N–H and O–H groups in total. The van der Waals surface area contributed by atoms with Crippen LogP contribution in [-0.2, 0) is 13.2 Å². The first-order valence-corrected chi connectivity index (χ1v) is 12.1. The Kier molecular flexibility index (Phi) is 7.27. The number of nitrogens with zero attached hydrogens (tertiary/aromatic N) is 1. The molecule has 1 aliphatic carbocycles. The zero-order valence-electron chi connectivity index (χ0n) is 18.9. The highest BCUT2D eigenvalue weighted by Gasteiger charge is 2.39. The molecule has 4 rings (SSSR count). The van der Waals surface area contributed by atoms with Gasteiger partial charge >= 0.3 is 6.03 Å². The predicted molar refractivity (Wildman–Crippen MR) is 130 cm³/mol. The Morgan fingerprint density at radius 3 is 2.53 bits per heavy atom. The second-order valence-electron chi connectivity index (χ2n) is 9.52. The van der Waals surface area contributed by atoms with E-state index in [4.69, 9.17) is 11.6 Å². The minimum Gasteiger partial charge on any atom is -0.392 e. The Bertz CT molecular complexity index is 930. The SMILES string of the molecule is Cc1cccc(CNC(=O)N2CCC3(CCC(Nc4ccc(CO)c(Cl)c4)CC3)CC2)c1. The van der Waals surface area contributed by atoms with Crippen LogP contribution in [0.3, 0.4) is 0 Å². The van der Waals surface area contributed by atoms with Crippen molar-refractivity contribution in [2.24, 2.45) is 5.41 Å². The average molecular weight is 456 g/mol. The summed E-state index contributed by atoms with van der Waals surface area (Å²) in [5.41, 5.74) is 4.52. The van der Waals surface area contributed by atoms with E-state index in [-0.39, 0.29) is 12.6 Å². The highest BCUT2D eigenvalue weighted by atomic mass is 35.5. The van der Waals surface area contributed by atoms with E-state index in [1.54, 1.807) is 0 Å². The Morgan fingerprint density at radius 1 is 1.12 bits per heavy atom. The first kappa shape index (κ1) is 22.9. The minimum absolute atomic E-state index is 0.0357. The Labute approximate surface area is 196 Å². The lowest BCUT2D eigenvalue weighted by molar-refractivity contribution is 0.0778. The Hall–Kier alpha value is -2.24. The number of benzene rings is 2. The molecule has 1 spiro atoms. The largest absolute Gasteiger partial charge is 0.392 e. The van der Waals surface area contributed by atoms with Crippen molar-refractivity contribution >= 4 is 23.3 Å². The topological polar surface area (TPSA) is 64.6 Å². The van der Waals surface area contributed by atoms with Gasteiger partial charge in [0.2, 0.25) is 0 Å². The summed E-state index contributed by atoms with van der Waals surface area (Å²) >= 11 is 6.23. The van der Waals surface area contributed by atoms with Crippen LogP contribution >= 0.6 is 11.6 Å². The maximum absolute atomic E-state index is 12.6. The quantitative estimate of drug-likeness (QED) is 0.558. The normalized spacial score (nSPS) is 18.5. The van der Waals surface area contributed by atoms with Gasteiger partial charge in [-0.25, -0.2) is 4.79 Å². The van der Waals surface area contributed by atoms with Gasteiger partial charge in [0.25, 0.3) is 0 Å². The first-order chi connectivity index (χ1) is 15.5. The van der Waals surface area contributed by atoms with Gasteiger partial charge < -0.3 is 20.6 Å². The number of amides is 2. The van der Waals surface area contributed by atoms with E-state index in [2.05, 4.69) is 35.8 Å². The van der Waals surface area contributed by atoms with E-state index in [9.17, 15) is 9.90 Å². The molecule has 172 valence electrons. The van der Waals surface area contributed by atoms with E-state index >= 15 is 0 Å². The molecule has 1 heterocycles. The van der Waals surface area contributed by atoms with E-state index in [1.165, 1.54) is 18.4 Å². The molecular weight excluding hydrogens is 422 g/mol. The van der Waals surface area contributed by atoms with E-state index < -0.39 is 0 Å². The maximum atomic E-state index is 12.6. The second-order valence-corrected chi connectivity index (χ2v) is 9.92. The zero-order valence-corrected chi connectivity index (χ0v) is 19.6. The number of piperidine rings is 1. The van der Waals surface area contributed by atoms with Crippen LogP contribution in [0.5, 0.6) is 0 Å². The molecule has 2 aliphatic rings. The number of aryl methyl sites for hydroxylation is 1. The molecule has 0 atom stereocenters. The molecule has 2 fully saturated rings. The number of rotatable bonds is 5. The van der Waals surface area contributed by atoms with Gasteiger partial charge in [-0.2, -0.15) is 0 Å². The van der Waals surface area contributed by atoms with E-state index in [1.807, 2.05) is 29.2 Å². The van der Waals surface area contributed by atoms with Crippen LogP contribution < -0.4 is 10.6 Å². The number of hydrogen-bond acceptors (Lipinski definition) is 3. The van der Waals surface area contributed by atoms with Crippen molar-refractivity contribution in [1.29, 1.82) is 0 Å². The predicted octanol–water partition coefficient (Wildman–Crippen LogP) is 5.49. The lowest BCUT2D eigenvalue weighted by Crippen LogP contribution is -2.48. The van der Waals surface area contributed by atoms with Crippen LogP contribution in [0.2, 0.25) is 5.02 Å². The summed E-state index contributed by atoms with van der Waals surface area (Å²) in [6.07, 6.45) is 6.86. The third-order valence-electron chi connectivity index (χ3n) is 7.28. The number of anilines is 1. The average Bonchev–Trinajstić information content (AvgIpc) is 2.80. The molecule has 5 nitrogen and oxygen atoms in total. The van der Waals surface area contributed by atoms with Gasteiger partial charge in [0.15, 0.2) is 0 Å². The molecule has 2 aromatic rings. The fourth-order valence-corrected chi connectivity index (χ4v) is 5.41. The van der Waals surface area contributed by atoms with Crippen molar-refractivity contribution in [3.8, 4) is 0 Å². The van der Waals surface area contributed by atoms with Crippen molar-refractivity contribution < 1.29 is 9.90 Å². The molecule has 1 aliphatic heterocycles. The highest BCUT2D eigenvalue weighted by molar-refractivity contribution is 6.31. The fourth-order valence-electron chi connectivity index (χ4n) is 5.17. The van der Waals surface area contributed by atoms with E-state index in [0.29, 0.717) is 23.0 Å². The smallest absolute Gasteiger partial charge is 0.317 e. The summed E-state index contributed by atoms with van der Waals surface area (Å²) < 4.78 is 0. The van der Waals surface area contributed by atoms with Gasteiger partial charge in [-0.15, -0.1) is 0 Å². The number of halogens is 1. The Morgan fingerprint density at radius 2 is 1.88 bits per heavy atom. The van der Waals surface area contributed by atoms with Crippen LogP contribution in [0.1, 0.15) is 55.2 Å². The van der Waals surface area contributed by atoms with Crippen molar-refractivity contribution in [3.05, 3.63) is 64.2 Å². The number of carbonyl (C=O) groups excluding carboxylic acids is 1. The number of aliphatic hydroxyl groups is 1. The molecule has 6 heteroatoms. The molecule has 0 bridgehead atoms. The zero-order chi connectivity index (χ0) is 22.6. The molecule has 0 aromatic heterocycles. The highest BCUT2D eigenvalue weighted by Crippen LogP contribution is 2.45. The molecule has 0 unspecified atom stereocenters. The number of nitrogens with one attached hydrogen (secondary N) is 2. The lowest BCUT2D eigenvalue weighted by atomic mass is 9.67. The van der Waals surface area contributed by atoms with Crippen molar-refractivity contribution in [1.82, 2.24) is 10.2 Å². The number of hydrogen-bond donors (Lipinski definition) is 3. The third kappa shape index (κ3) is 5.57. The standard InChI is InChI=1S/C26H34ClN3O2/c1-19-3-2-4-20(15-19)17-28-25(32)30-13-11-26(12-14-30)9-7-22(8-10-26)29-23-6-5-21(18-31)24(27)16-23/h2-6,15-16,22,29,31H,7-14,17-18H2,1H3,(H,28,32). The van der Waals surface area contributed by atoms with Crippen LogP contribution in [0, 0.1) is 12.3 Å².